The smallest absolute Gasteiger partial charge is 1.00 e. The molecule has 0 radical (unpaired) electrons. The number of nitrogens with zero attached hydrogens (tertiary/aromatic N) is 9. The van der Waals surface area contributed by atoms with Crippen molar-refractivity contribution >= 4 is 136 Å². The summed E-state index contributed by atoms with van der Waals surface area (Å²) in [5.41, 5.74) is 6.48. The molecule has 6 aliphatic carbocycles. The summed E-state index contributed by atoms with van der Waals surface area (Å²) in [6, 6.07) is 11.0. The zero-order chi connectivity index (χ0) is 67.7. The second-order valence-corrected chi connectivity index (χ2v) is 29.5. The number of carbonyl (C=O) groups is 2. The monoisotopic (exact) mass is 1530 g/mol. The Morgan fingerprint density at radius 3 is 1.34 bits per heavy atom. The number of aromatic nitrogens is 8. The van der Waals surface area contributed by atoms with E-state index in [1.165, 1.54) is 173 Å². The van der Waals surface area contributed by atoms with Crippen LogP contribution in [0.4, 0.5) is 26.6 Å². The van der Waals surface area contributed by atoms with Crippen LogP contribution in [0.25, 0.3) is 30.6 Å². The zero-order valence-corrected chi connectivity index (χ0v) is 69.3. The van der Waals surface area contributed by atoms with Crippen molar-refractivity contribution in [1.82, 2.24) is 55.4 Å². The number of alkyl halides is 2. The van der Waals surface area contributed by atoms with Crippen molar-refractivity contribution in [3.8, 4) is 0 Å². The third-order valence-electron chi connectivity index (χ3n) is 18.4. The Morgan fingerprint density at radius 1 is 0.650 bits per heavy atom. The molecule has 7 aliphatic rings. The van der Waals surface area contributed by atoms with E-state index in [4.69, 9.17) is 32.5 Å². The Hall–Kier alpha value is -1.69. The molecule has 532 valence electrons. The molecule has 0 aromatic carbocycles. The van der Waals surface area contributed by atoms with Crippen molar-refractivity contribution < 1.29 is 159 Å². The van der Waals surface area contributed by atoms with Gasteiger partial charge in [0.15, 0.2) is 17.4 Å². The average molecular weight is 1530 g/mol. The number of thiophene rings is 3. The first-order chi connectivity index (χ1) is 46.8. The van der Waals surface area contributed by atoms with Crippen LogP contribution >= 0.6 is 58.0 Å². The van der Waals surface area contributed by atoms with E-state index in [1.54, 1.807) is 31.4 Å². The molecule has 0 atom stereocenters. The maximum absolute atomic E-state index is 12.0. The van der Waals surface area contributed by atoms with Gasteiger partial charge in [-0.05, 0) is 235 Å². The number of hydrogen-bond acceptors (Lipinski definition) is 22. The van der Waals surface area contributed by atoms with E-state index in [0.29, 0.717) is 36.1 Å². The second-order valence-electron chi connectivity index (χ2n) is 26.0. The Labute approximate surface area is 725 Å². The number of nitrogens with one attached hydrogen (secondary N) is 5. The van der Waals surface area contributed by atoms with E-state index in [0.717, 1.165) is 84.5 Å². The molecular formula is C70H101AlCl2FK2LiN14O6S3. The Bertz CT molecular complexity index is 3680. The van der Waals surface area contributed by atoms with E-state index in [2.05, 4.69) is 102 Å². The van der Waals surface area contributed by atoms with E-state index >= 15 is 0 Å². The predicted octanol–water partition coefficient (Wildman–Crippen LogP) is 4.09. The van der Waals surface area contributed by atoms with E-state index in [1.807, 2.05) is 79.3 Å². The van der Waals surface area contributed by atoms with Gasteiger partial charge >= 0.3 is 128 Å². The first-order valence-corrected chi connectivity index (χ1v) is 36.7. The summed E-state index contributed by atoms with van der Waals surface area (Å²) in [4.78, 5) is 68.9. The molecule has 3 saturated carbocycles. The number of aryl methyl sites for hydroxylation is 6. The van der Waals surface area contributed by atoms with Gasteiger partial charge < -0.3 is 49.1 Å². The van der Waals surface area contributed by atoms with E-state index in [9.17, 15) is 9.18 Å². The maximum Gasteiger partial charge on any atom is 1.00 e. The van der Waals surface area contributed by atoms with E-state index < -0.39 is 12.8 Å². The molecule has 20 nitrogen and oxygen atoms in total. The summed E-state index contributed by atoms with van der Waals surface area (Å²) in [6.45, 7) is 8.48. The van der Waals surface area contributed by atoms with Crippen LogP contribution < -0.4 is 153 Å². The minimum atomic E-state index is -1.00. The predicted molar refractivity (Wildman–Crippen MR) is 399 cm³/mol. The van der Waals surface area contributed by atoms with Gasteiger partial charge in [0.2, 0.25) is 0 Å². The fourth-order valence-electron chi connectivity index (χ4n) is 13.6. The second kappa shape index (κ2) is 47.9. The van der Waals surface area contributed by atoms with Crippen LogP contribution in [0.3, 0.4) is 0 Å². The number of ether oxygens (including phenoxy) is 2. The van der Waals surface area contributed by atoms with Crippen molar-refractivity contribution in [2.45, 2.75) is 223 Å². The fraction of sp³-hybridized carbons (Fsp3) is 0.571. The van der Waals surface area contributed by atoms with Crippen molar-refractivity contribution in [2.75, 3.05) is 50.4 Å². The molecular weight excluding hydrogens is 1430 g/mol. The topological polar surface area (TPSA) is 251 Å². The van der Waals surface area contributed by atoms with Gasteiger partial charge in [-0.1, -0.05) is 0 Å². The standard InChI is InChI=1S/C22H27N5S.C20H28N4O2S.C16H22N4S.C6H6ClN.C4H8O.CH3F.CH2O3.Al.ClH.2K.Li.5H/c1-27(13-15-9-11-23-12-10-15)17-7-5-16(6-8-17)26-21-20-18-3-2-4-19(18)28-22(20)25-14-24-21;1-20(2,3)26-19(25)24-13-9-7-12(8-10-13)23-17-16-14-5-4-6-15(14)27-18(16)22-11-21-17;1-17-10-5-7-11(8-6-10)20-15-14-12-3-2-4-13(12)21-16(14)19-9-18-15;7-5-6-1-3-8-4-2-6;1-2-4-5-3-1;1-2;2-1-4-3;;;;;;;;;;/h9-12,14,16-17H,2-8,13H2,1H3,(H,24,25,26);11-13H,4-10H2,1-3H3,(H,24,25)(H,21,22,23);9-11,17H,2-8H2,1H3,(H,18,19,20);1-4H,5H2;1-4H2;1H3;1,3H;;1H;;;;;;;;/q;;;;;;;;;3*+1;;;;2*-1/p-1/i;;;;;1D;;;;;;;;;;;. The summed E-state index contributed by atoms with van der Waals surface area (Å²) in [7, 11) is 3.32. The third-order valence-corrected chi connectivity index (χ3v) is 22.3. The Balaban J connectivity index is 0.000000451. The van der Waals surface area contributed by atoms with Crippen LogP contribution in [0.2, 0.25) is 0 Å². The maximum atomic E-state index is 12.0. The molecule has 1 amide bonds. The summed E-state index contributed by atoms with van der Waals surface area (Å²) >= 11 is 11.1. The molecule has 0 spiro atoms. The Morgan fingerprint density at radius 2 is 1.01 bits per heavy atom. The first-order valence-electron chi connectivity index (χ1n) is 34.4. The van der Waals surface area contributed by atoms with Gasteiger partial charge in [-0.3, -0.25) is 24.1 Å². The first kappa shape index (κ1) is 88.9. The zero-order valence-electron chi connectivity index (χ0n) is 62.1. The van der Waals surface area contributed by atoms with E-state index in [-0.39, 0.29) is 173 Å². The summed E-state index contributed by atoms with van der Waals surface area (Å²) in [6.07, 6.45) is 39.3. The number of anilines is 3. The number of hydrogen-bond donors (Lipinski definition) is 5. The molecule has 30 heteroatoms. The quantitative estimate of drug-likeness (QED) is 0.0358. The fourth-order valence-corrected chi connectivity index (χ4v) is 17.5. The number of pyridine rings is 2. The summed E-state index contributed by atoms with van der Waals surface area (Å²) in [5, 5.41) is 29.8. The van der Waals surface area contributed by atoms with Crippen LogP contribution in [0.15, 0.2) is 68.0 Å². The van der Waals surface area contributed by atoms with Gasteiger partial charge in [0.1, 0.15) is 56.5 Å². The Kier molecular flexibility index (Phi) is 42.6. The number of carbonyl (C=O) groups excluding carboxylic acids is 2. The van der Waals surface area contributed by atoms with Crippen molar-refractivity contribution in [2.24, 2.45) is 0 Å². The minimum Gasteiger partial charge on any atom is -1.00 e. The van der Waals surface area contributed by atoms with Gasteiger partial charge in [-0.25, -0.2) is 34.7 Å². The molecule has 5 N–H and O–H groups in total. The summed E-state index contributed by atoms with van der Waals surface area (Å²) in [5.74, 6) is 3.70. The van der Waals surface area contributed by atoms with Gasteiger partial charge in [-0.15, -0.1) is 58.0 Å². The number of alkyl carbamates (subject to hydrolysis) is 1. The largest absolute Gasteiger partial charge is 1.00 e. The van der Waals surface area contributed by atoms with Gasteiger partial charge in [0, 0.05) is 101 Å². The number of fused-ring (bicyclic) bond motifs is 9. The van der Waals surface area contributed by atoms with Crippen molar-refractivity contribution in [3.05, 3.63) is 110 Å². The van der Waals surface area contributed by atoms with Crippen molar-refractivity contribution in [1.29, 1.82) is 0 Å². The molecule has 15 rings (SSSR count). The minimum absolute atomic E-state index is 0. The molecule has 1 aliphatic heterocycles. The summed E-state index contributed by atoms with van der Waals surface area (Å²) < 4.78 is 25.8. The molecule has 8 aromatic heterocycles. The molecule has 9 heterocycles. The molecule has 8 aromatic rings. The van der Waals surface area contributed by atoms with Crippen LogP contribution in [-0.2, 0) is 70.1 Å². The SMILES string of the molecule is C1CCOC1.CC(C)(C)OC(=O)NC1CCC(Nc2ncnc3sc4c(c23)CCC4)CC1.CN(Cc1ccncc1)C1CCC(Nc2ncnc3sc4c(c23)CCC4)CC1.CNC1CCC(Nc2ncnc3sc4c(c23)CCC4)CC1.Cl.ClCc1ccncc1.O=CO[O-].[2H]CF.[AlH3].[H-].[H-].[K+].[K+].[Li+]. The molecule has 1 saturated heterocycles. The van der Waals surface area contributed by atoms with Gasteiger partial charge in [0.25, 0.3) is 6.47 Å². The normalized spacial score (nSPS) is 19.8. The molecule has 100 heavy (non-hydrogen) atoms. The number of halogens is 3. The third kappa shape index (κ3) is 27.2. The van der Waals surface area contributed by atoms with Crippen molar-refractivity contribution in [3.63, 3.8) is 0 Å². The number of rotatable bonds is 13. The number of amides is 1. The average Bonchev–Trinajstić information content (AvgIpc) is 1.63. The van der Waals surface area contributed by atoms with Crippen LogP contribution in [-0.4, -0.2) is 151 Å². The van der Waals surface area contributed by atoms with Crippen LogP contribution in [0.1, 0.15) is 177 Å². The molecule has 0 unspecified atom stereocenters. The van der Waals surface area contributed by atoms with Gasteiger partial charge in [0.05, 0.1) is 24.7 Å². The van der Waals surface area contributed by atoms with Crippen LogP contribution in [0, 0.1) is 0 Å². The molecule has 0 bridgehead atoms. The molecule has 4 fully saturated rings. The van der Waals surface area contributed by atoms with Gasteiger partial charge in [-0.2, -0.15) is 0 Å². The van der Waals surface area contributed by atoms with Crippen LogP contribution in [0.5, 0.6) is 0 Å².